The minimum Gasteiger partial charge on any atom is -0.299 e. The molecule has 7 heteroatoms. The summed E-state index contributed by atoms with van der Waals surface area (Å²) in [5.74, 6) is 0. The molecule has 0 rings (SSSR count). The Morgan fingerprint density at radius 2 is 1.50 bits per heavy atom. The van der Waals surface area contributed by atoms with Gasteiger partial charge in [-0.3, -0.25) is 4.55 Å². The SMILES string of the molecule is O=S(O)C(F)(F)F.[K]. The van der Waals surface area contributed by atoms with Crippen molar-refractivity contribution in [1.29, 1.82) is 0 Å². The molecule has 0 aliphatic rings. The maximum Gasteiger partial charge on any atom is 0.496 e. The third-order valence-corrected chi connectivity index (χ3v) is 0.594. The minimum atomic E-state index is -4.97. The zero-order valence-corrected chi connectivity index (χ0v) is 7.84. The van der Waals surface area contributed by atoms with E-state index in [2.05, 4.69) is 0 Å². The van der Waals surface area contributed by atoms with Crippen LogP contribution < -0.4 is 0 Å². The van der Waals surface area contributed by atoms with Gasteiger partial charge in [0.2, 0.25) is 0 Å². The van der Waals surface area contributed by atoms with Crippen LogP contribution in [0.5, 0.6) is 0 Å². The van der Waals surface area contributed by atoms with Crippen LogP contribution in [0.25, 0.3) is 0 Å². The predicted octanol–water partition coefficient (Wildman–Crippen LogP) is 0.347. The van der Waals surface area contributed by atoms with E-state index in [9.17, 15) is 13.2 Å². The molecular weight excluding hydrogens is 172 g/mol. The standard InChI is InChI=1S/CHF3O2S.K/c2-1(3,4)7(5)6;/h(H,5,6);. The van der Waals surface area contributed by atoms with E-state index in [-0.39, 0.29) is 51.4 Å². The van der Waals surface area contributed by atoms with Crippen LogP contribution in [0, 0.1) is 0 Å². The topological polar surface area (TPSA) is 37.3 Å². The Morgan fingerprint density at radius 1 is 1.38 bits per heavy atom. The van der Waals surface area contributed by atoms with E-state index < -0.39 is 16.6 Å². The Bertz CT molecular complexity index is 89.8. The molecule has 1 N–H and O–H groups in total. The van der Waals surface area contributed by atoms with E-state index in [1.54, 1.807) is 0 Å². The second kappa shape index (κ2) is 4.37. The zero-order chi connectivity index (χ0) is 6.08. The first-order valence-corrected chi connectivity index (χ1v) is 2.23. The maximum atomic E-state index is 10.6. The number of rotatable bonds is 0. The van der Waals surface area contributed by atoms with Crippen molar-refractivity contribution in [2.45, 2.75) is 5.51 Å². The molecule has 45 valence electrons. The van der Waals surface area contributed by atoms with Crippen LogP contribution in [0.2, 0.25) is 0 Å². The summed E-state index contributed by atoms with van der Waals surface area (Å²) >= 11 is -3.68. The molecule has 0 aliphatic heterocycles. The molecular formula is CHF3KO2S. The number of hydrogen-bond donors (Lipinski definition) is 1. The molecule has 0 heterocycles. The van der Waals surface area contributed by atoms with Gasteiger partial charge in [0.15, 0.2) is 0 Å². The van der Waals surface area contributed by atoms with Gasteiger partial charge in [0, 0.05) is 51.4 Å². The summed E-state index contributed by atoms with van der Waals surface area (Å²) in [5.41, 5.74) is -4.97. The molecule has 0 spiro atoms. The second-order valence-electron chi connectivity index (χ2n) is 0.695. The molecule has 0 aromatic heterocycles. The Kier molecular flexibility index (Phi) is 6.68. The first kappa shape index (κ1) is 12.2. The predicted molar refractivity (Wildman–Crippen MR) is 22.6 cm³/mol. The summed E-state index contributed by atoms with van der Waals surface area (Å²) in [4.78, 5) is 0. The number of alkyl halides is 3. The van der Waals surface area contributed by atoms with Crippen molar-refractivity contribution in [3.63, 3.8) is 0 Å². The molecule has 1 atom stereocenters. The average Bonchev–Trinajstić information content (AvgIpc) is 1.31. The van der Waals surface area contributed by atoms with Gasteiger partial charge in [-0.15, -0.1) is 0 Å². The van der Waals surface area contributed by atoms with Gasteiger partial charge in [-0.05, 0) is 0 Å². The first-order valence-electron chi connectivity index (χ1n) is 1.12. The summed E-state index contributed by atoms with van der Waals surface area (Å²) in [6.07, 6.45) is 0. The Balaban J connectivity index is 0. The van der Waals surface area contributed by atoms with Crippen LogP contribution in [0.3, 0.4) is 0 Å². The molecule has 0 fully saturated rings. The summed E-state index contributed by atoms with van der Waals surface area (Å²) in [7, 11) is 0. The molecule has 1 unspecified atom stereocenters. The van der Waals surface area contributed by atoms with Gasteiger partial charge in [0.05, 0.1) is 0 Å². The largest absolute Gasteiger partial charge is 0.496 e. The monoisotopic (exact) mass is 173 g/mol. The molecule has 0 saturated carbocycles. The molecule has 0 bridgehead atoms. The fourth-order valence-electron chi connectivity index (χ4n) is 0. The third-order valence-electron chi connectivity index (χ3n) is 0.198. The average molecular weight is 173 g/mol. The van der Waals surface area contributed by atoms with Crippen molar-refractivity contribution in [1.82, 2.24) is 0 Å². The van der Waals surface area contributed by atoms with E-state index in [1.165, 1.54) is 0 Å². The van der Waals surface area contributed by atoms with Gasteiger partial charge in [0.1, 0.15) is 0 Å². The van der Waals surface area contributed by atoms with Gasteiger partial charge in [0.25, 0.3) is 11.1 Å². The van der Waals surface area contributed by atoms with Crippen molar-refractivity contribution in [2.24, 2.45) is 0 Å². The van der Waals surface area contributed by atoms with Crippen molar-refractivity contribution in [3.05, 3.63) is 0 Å². The van der Waals surface area contributed by atoms with Crippen LogP contribution in [0.4, 0.5) is 13.2 Å². The summed E-state index contributed by atoms with van der Waals surface area (Å²) in [5, 5.41) is 0. The molecule has 0 aromatic carbocycles. The Morgan fingerprint density at radius 3 is 1.50 bits per heavy atom. The van der Waals surface area contributed by atoms with Gasteiger partial charge in [-0.25, -0.2) is 4.21 Å². The Hall–Kier alpha value is 1.54. The van der Waals surface area contributed by atoms with Crippen LogP contribution in [0.15, 0.2) is 0 Å². The van der Waals surface area contributed by atoms with Gasteiger partial charge in [-0.1, -0.05) is 0 Å². The number of halogens is 3. The molecule has 1 radical (unpaired) electrons. The summed E-state index contributed by atoms with van der Waals surface area (Å²) < 4.78 is 48.1. The maximum absolute atomic E-state index is 10.6. The molecule has 0 aromatic rings. The molecule has 2 nitrogen and oxygen atoms in total. The molecule has 8 heavy (non-hydrogen) atoms. The van der Waals surface area contributed by atoms with Crippen LogP contribution >= 0.6 is 0 Å². The van der Waals surface area contributed by atoms with Gasteiger partial charge >= 0.3 is 5.51 Å². The van der Waals surface area contributed by atoms with E-state index in [0.29, 0.717) is 0 Å². The normalized spacial score (nSPS) is 14.5. The zero-order valence-electron chi connectivity index (χ0n) is 3.90. The van der Waals surface area contributed by atoms with Crippen molar-refractivity contribution in [2.75, 3.05) is 0 Å². The molecule has 0 aliphatic carbocycles. The summed E-state index contributed by atoms with van der Waals surface area (Å²) in [6, 6.07) is 0. The fourth-order valence-corrected chi connectivity index (χ4v) is 0. The molecule has 0 saturated heterocycles. The van der Waals surface area contributed by atoms with Gasteiger partial charge < -0.3 is 0 Å². The van der Waals surface area contributed by atoms with Gasteiger partial charge in [-0.2, -0.15) is 13.2 Å². The third kappa shape index (κ3) is 5.67. The fraction of sp³-hybridized carbons (Fsp3) is 1.00. The summed E-state index contributed by atoms with van der Waals surface area (Å²) in [6.45, 7) is 0. The van der Waals surface area contributed by atoms with E-state index in [0.717, 1.165) is 0 Å². The van der Waals surface area contributed by atoms with E-state index >= 15 is 0 Å². The molecule has 0 amide bonds. The van der Waals surface area contributed by atoms with E-state index in [1.807, 2.05) is 0 Å². The Labute approximate surface area is 88.5 Å². The van der Waals surface area contributed by atoms with Crippen LogP contribution in [-0.2, 0) is 11.1 Å². The van der Waals surface area contributed by atoms with Crippen LogP contribution in [0.1, 0.15) is 0 Å². The second-order valence-corrected chi connectivity index (χ2v) is 1.66. The van der Waals surface area contributed by atoms with Crippen LogP contribution in [-0.4, -0.2) is 65.7 Å². The van der Waals surface area contributed by atoms with Crippen molar-refractivity contribution >= 4 is 62.5 Å². The quantitative estimate of drug-likeness (QED) is 0.424. The van der Waals surface area contributed by atoms with Crippen molar-refractivity contribution in [3.8, 4) is 0 Å². The number of hydrogen-bond acceptors (Lipinski definition) is 1. The smallest absolute Gasteiger partial charge is 0.299 e. The van der Waals surface area contributed by atoms with E-state index in [4.69, 9.17) is 8.76 Å². The van der Waals surface area contributed by atoms with Crippen molar-refractivity contribution < 1.29 is 21.9 Å². The first-order chi connectivity index (χ1) is 2.94. The minimum absolute atomic E-state index is 0.